The fourth-order valence-corrected chi connectivity index (χ4v) is 9.44. The maximum atomic E-state index is 14.6. The summed E-state index contributed by atoms with van der Waals surface area (Å²) in [6.07, 6.45) is -1.02. The molecule has 1 aromatic carbocycles. The third-order valence-corrected chi connectivity index (χ3v) is 11.1. The van der Waals surface area contributed by atoms with E-state index in [4.69, 9.17) is 24.7 Å². The molecule has 4 heterocycles. The Kier molecular flexibility index (Phi) is 5.39. The Balaban J connectivity index is 1.52. The molecule has 6 rings (SSSR count). The van der Waals surface area contributed by atoms with Crippen molar-refractivity contribution in [1.29, 1.82) is 0 Å². The molecule has 3 unspecified atom stereocenters. The Morgan fingerprint density at radius 2 is 1.84 bits per heavy atom. The van der Waals surface area contributed by atoms with E-state index in [0.717, 1.165) is 4.46 Å². The third kappa shape index (κ3) is 2.99. The molecule has 5 atom stereocenters. The summed E-state index contributed by atoms with van der Waals surface area (Å²) in [5.74, 6) is -3.60. The van der Waals surface area contributed by atoms with Gasteiger partial charge < -0.3 is 0 Å². The van der Waals surface area contributed by atoms with E-state index in [1.54, 1.807) is 16.7 Å². The number of hydrogen-bond acceptors (Lipinski definition) is 9. The van der Waals surface area contributed by atoms with Crippen molar-refractivity contribution in [1.82, 2.24) is 9.80 Å². The molecule has 4 aliphatic heterocycles. The van der Waals surface area contributed by atoms with Crippen LogP contribution in [0.5, 0.6) is 0 Å². The Bertz CT molecular complexity index is 1250. The summed E-state index contributed by atoms with van der Waals surface area (Å²) in [6, 6.07) is 8.89. The zero-order chi connectivity index (χ0) is 26.3. The van der Waals surface area contributed by atoms with Crippen LogP contribution < -0.4 is 10.2 Å². The van der Waals surface area contributed by atoms with Gasteiger partial charge in [-0.2, -0.15) is 0 Å². The number of nitrogens with zero attached hydrogens (tertiary/aromatic N) is 2. The fourth-order valence-electron chi connectivity index (χ4n) is 6.72. The average molecular weight is 576 g/mol. The Labute approximate surface area is 219 Å². The van der Waals surface area contributed by atoms with E-state index in [0.29, 0.717) is 6.54 Å². The van der Waals surface area contributed by atoms with Gasteiger partial charge in [-0.25, -0.2) is 0 Å². The number of rotatable bonds is 5. The first-order valence-corrected chi connectivity index (χ1v) is 13.7. The zero-order valence-corrected chi connectivity index (χ0v) is 22.3. The normalized spacial score (nSPS) is 35.1. The van der Waals surface area contributed by atoms with Gasteiger partial charge >= 0.3 is 219 Å². The molecule has 3 fully saturated rings. The monoisotopic (exact) mass is 577 g/mol. The van der Waals surface area contributed by atoms with E-state index in [9.17, 15) is 19.2 Å². The van der Waals surface area contributed by atoms with Crippen molar-refractivity contribution < 1.29 is 38.1 Å². The summed E-state index contributed by atoms with van der Waals surface area (Å²) in [5.41, 5.74) is 4.39. The number of piperazine rings is 1. The quantitative estimate of drug-likeness (QED) is 0.357. The van der Waals surface area contributed by atoms with Crippen molar-refractivity contribution in [3.05, 3.63) is 41.6 Å². The number of fused-ring (bicyclic) bond motifs is 4. The van der Waals surface area contributed by atoms with Gasteiger partial charge in [0.05, 0.1) is 0 Å². The number of carbonyl (C=O) groups is 4. The zero-order valence-electron chi connectivity index (χ0n) is 20.6. The number of methoxy groups -OCH3 is 1. The van der Waals surface area contributed by atoms with Crippen LogP contribution >= 0.6 is 0 Å². The van der Waals surface area contributed by atoms with Gasteiger partial charge in [-0.05, 0) is 0 Å². The average Bonchev–Trinajstić information content (AvgIpc) is 3.17. The van der Waals surface area contributed by atoms with Crippen LogP contribution in [0, 0.1) is 5.92 Å². The van der Waals surface area contributed by atoms with Crippen LogP contribution in [0.1, 0.15) is 13.8 Å². The van der Waals surface area contributed by atoms with Crippen LogP contribution in [0.4, 0.5) is 4.79 Å². The van der Waals surface area contributed by atoms with Gasteiger partial charge in [0.2, 0.25) is 0 Å². The van der Waals surface area contributed by atoms with Gasteiger partial charge in [0.1, 0.15) is 0 Å². The van der Waals surface area contributed by atoms with E-state index >= 15 is 0 Å². The van der Waals surface area contributed by atoms with Gasteiger partial charge in [-0.1, -0.05) is 0 Å². The minimum absolute atomic E-state index is 0.139. The molecule has 0 radical (unpaired) electrons. The molecule has 0 saturated carbocycles. The number of ether oxygens (including phenoxy) is 4. The summed E-state index contributed by atoms with van der Waals surface area (Å²) in [6.45, 7) is 3.53. The molecule has 1 aliphatic carbocycles. The van der Waals surface area contributed by atoms with E-state index < -0.39 is 54.6 Å². The summed E-state index contributed by atoms with van der Waals surface area (Å²) in [7, 11) is 1.47. The fraction of sp³-hybridized carbons (Fsp3) is 0.520. The van der Waals surface area contributed by atoms with Crippen molar-refractivity contribution in [2.45, 2.75) is 41.8 Å². The summed E-state index contributed by atoms with van der Waals surface area (Å²) in [5, 5.41) is 0. The number of nitrogens with two attached hydrogens (primary N) is 1. The molecular formula is C25H27N3O8Se. The predicted octanol–water partition coefficient (Wildman–Crippen LogP) is -0.674. The number of hydrogen-bond donors (Lipinski definition) is 1. The van der Waals surface area contributed by atoms with Crippen molar-refractivity contribution in [3.8, 4) is 0 Å². The van der Waals surface area contributed by atoms with Gasteiger partial charge in [-0.3, -0.25) is 0 Å². The SMILES string of the molecule is CO[C@]12C3C(CN1C1=C(C(=O)C4(OCCO4)C(C)([Se]c4ccccc4)C1=O)[C@H]2COC(N)=O)N3C(C)=O. The summed E-state index contributed by atoms with van der Waals surface area (Å²) in [4.78, 5) is 56.5. The topological polar surface area (TPSA) is 137 Å². The van der Waals surface area contributed by atoms with E-state index in [1.807, 2.05) is 30.3 Å². The molecule has 0 aromatic heterocycles. The van der Waals surface area contributed by atoms with Crippen LogP contribution in [0.2, 0.25) is 4.31 Å². The summed E-state index contributed by atoms with van der Waals surface area (Å²) >= 11 is -0.546. The first-order valence-electron chi connectivity index (χ1n) is 12.0. The number of ketones is 2. The third-order valence-electron chi connectivity index (χ3n) is 8.18. The predicted molar refractivity (Wildman–Crippen MR) is 127 cm³/mol. The summed E-state index contributed by atoms with van der Waals surface area (Å²) < 4.78 is 23.0. The second-order valence-corrected chi connectivity index (χ2v) is 13.0. The molecule has 2 amide bonds. The first kappa shape index (κ1) is 24.6. The van der Waals surface area contributed by atoms with Gasteiger partial charge in [0.15, 0.2) is 0 Å². The Morgan fingerprint density at radius 1 is 1.16 bits per heavy atom. The number of allylic oxidation sites excluding steroid dienone is 1. The minimum atomic E-state index is -1.82. The van der Waals surface area contributed by atoms with Crippen LogP contribution in [-0.4, -0.2) is 105 Å². The van der Waals surface area contributed by atoms with Crippen molar-refractivity contribution >= 4 is 43.0 Å². The molecular weight excluding hydrogens is 549 g/mol. The van der Waals surface area contributed by atoms with E-state index in [2.05, 4.69) is 0 Å². The molecule has 1 spiro atoms. The van der Waals surface area contributed by atoms with Gasteiger partial charge in [0, 0.05) is 0 Å². The van der Waals surface area contributed by atoms with E-state index in [1.165, 1.54) is 14.0 Å². The van der Waals surface area contributed by atoms with Crippen LogP contribution in [0.25, 0.3) is 0 Å². The molecule has 0 bridgehead atoms. The molecule has 1 aromatic rings. The van der Waals surface area contributed by atoms with Crippen LogP contribution in [0.3, 0.4) is 0 Å². The molecule has 12 heteroatoms. The first-order chi connectivity index (χ1) is 17.6. The number of Topliss-reactive ketones (excluding diaryl/α,β-unsaturated/α-hetero) is 2. The number of primary amides is 1. The molecule has 196 valence electrons. The maximum absolute atomic E-state index is 14.6. The molecule has 37 heavy (non-hydrogen) atoms. The number of amides is 2. The molecule has 11 nitrogen and oxygen atoms in total. The van der Waals surface area contributed by atoms with Crippen LogP contribution in [-0.2, 0) is 33.3 Å². The van der Waals surface area contributed by atoms with Gasteiger partial charge in [0.25, 0.3) is 0 Å². The molecule has 5 aliphatic rings. The van der Waals surface area contributed by atoms with Crippen molar-refractivity contribution in [2.24, 2.45) is 11.7 Å². The van der Waals surface area contributed by atoms with Crippen molar-refractivity contribution in [2.75, 3.05) is 33.5 Å². The Hall–Kier alpha value is -2.76. The Morgan fingerprint density at radius 3 is 2.43 bits per heavy atom. The second-order valence-electron chi connectivity index (χ2n) is 9.87. The standard InChI is InChI=1S/C25H27N3O8Se/c1-13(29)28-16-11-27-18-17(15(12-34-22(26)32)24(27,33-3)19(16)28)20(30)25(35-9-10-36-25)23(2,21(18)31)37-14-7-5-4-6-8-14/h4-8,15-16,19H,9-12H2,1-3H3,(H2,26,32)/t15-,16?,19?,23?,24-,28?/m1/s1. The van der Waals surface area contributed by atoms with Crippen molar-refractivity contribution in [3.63, 3.8) is 0 Å². The molecule has 3 saturated heterocycles. The number of benzene rings is 1. The van der Waals surface area contributed by atoms with Crippen LogP contribution in [0.15, 0.2) is 41.6 Å². The second kappa shape index (κ2) is 8.12. The van der Waals surface area contributed by atoms with E-state index in [-0.39, 0.29) is 48.8 Å². The van der Waals surface area contributed by atoms with Gasteiger partial charge in [-0.15, -0.1) is 0 Å². The molecule has 2 N–H and O–H groups in total. The number of carbonyl (C=O) groups excluding carboxylic acids is 4.